The standard InChI is InChI=1S/C30H43N9O2/c1-2-41-25-10-6-5-9-24(25)35-30(40)38-17-15-22(16-18-38)33-27-26-28(39(19-32-26)23-7-3-4-8-23)37-29(36-27)34-21-13-11-20(31)12-14-21/h5-6,9-10,19-23H,2-4,7-8,11-18,31H2,1H3,(H,35,40)(H2,33,34,36,37). The van der Waals surface area contributed by atoms with Gasteiger partial charge in [-0.15, -0.1) is 0 Å². The first-order valence-electron chi connectivity index (χ1n) is 15.4. The Morgan fingerprint density at radius 1 is 0.976 bits per heavy atom. The summed E-state index contributed by atoms with van der Waals surface area (Å²) >= 11 is 0. The smallest absolute Gasteiger partial charge is 0.321 e. The van der Waals surface area contributed by atoms with Crippen molar-refractivity contribution < 1.29 is 9.53 Å². The van der Waals surface area contributed by atoms with Crippen LogP contribution < -0.4 is 26.4 Å². The second kappa shape index (κ2) is 12.5. The average molecular weight is 562 g/mol. The summed E-state index contributed by atoms with van der Waals surface area (Å²) in [4.78, 5) is 29.6. The van der Waals surface area contributed by atoms with E-state index in [1.807, 2.05) is 42.4 Å². The summed E-state index contributed by atoms with van der Waals surface area (Å²) in [6.07, 6.45) is 12.5. The fourth-order valence-electron chi connectivity index (χ4n) is 6.44. The van der Waals surface area contributed by atoms with Crippen molar-refractivity contribution in [3.63, 3.8) is 0 Å². The van der Waals surface area contributed by atoms with Gasteiger partial charge in [0.1, 0.15) is 5.75 Å². The Morgan fingerprint density at radius 2 is 1.71 bits per heavy atom. The van der Waals surface area contributed by atoms with Gasteiger partial charge in [-0.3, -0.25) is 0 Å². The van der Waals surface area contributed by atoms with Crippen molar-refractivity contribution >= 4 is 34.6 Å². The van der Waals surface area contributed by atoms with Crippen molar-refractivity contribution in [2.24, 2.45) is 5.73 Å². The largest absolute Gasteiger partial charge is 0.492 e. The first kappa shape index (κ1) is 27.6. The van der Waals surface area contributed by atoms with Crippen LogP contribution in [0.3, 0.4) is 0 Å². The van der Waals surface area contributed by atoms with Crippen LogP contribution in [0, 0.1) is 0 Å². The lowest BCUT2D eigenvalue weighted by Crippen LogP contribution is -2.44. The van der Waals surface area contributed by atoms with Gasteiger partial charge in [-0.2, -0.15) is 9.97 Å². The Hall–Kier alpha value is -3.60. The van der Waals surface area contributed by atoms with Crippen molar-refractivity contribution in [3.05, 3.63) is 30.6 Å². The van der Waals surface area contributed by atoms with E-state index >= 15 is 0 Å². The van der Waals surface area contributed by atoms with Crippen LogP contribution in [0.4, 0.5) is 22.2 Å². The van der Waals surface area contributed by atoms with Gasteiger partial charge in [-0.05, 0) is 70.4 Å². The molecule has 0 radical (unpaired) electrons. The van der Waals surface area contributed by atoms with Crippen LogP contribution in [-0.2, 0) is 0 Å². The lowest BCUT2D eigenvalue weighted by Gasteiger charge is -2.33. The molecule has 1 saturated heterocycles. The number of carbonyl (C=O) groups excluding carboxylic acids is 1. The summed E-state index contributed by atoms with van der Waals surface area (Å²) in [6, 6.07) is 8.70. The molecule has 0 unspecified atom stereocenters. The number of hydrogen-bond acceptors (Lipinski definition) is 8. The molecule has 11 heteroatoms. The van der Waals surface area contributed by atoms with Crippen LogP contribution in [0.25, 0.3) is 11.2 Å². The third-order valence-electron chi connectivity index (χ3n) is 8.80. The summed E-state index contributed by atoms with van der Waals surface area (Å²) in [6.45, 7) is 3.79. The Kier molecular flexibility index (Phi) is 8.41. The number of piperidine rings is 1. The predicted octanol–water partition coefficient (Wildman–Crippen LogP) is 5.13. The molecule has 2 aromatic heterocycles. The molecule has 41 heavy (non-hydrogen) atoms. The number of amides is 2. The highest BCUT2D eigenvalue weighted by Gasteiger charge is 2.27. The summed E-state index contributed by atoms with van der Waals surface area (Å²) in [7, 11) is 0. The third kappa shape index (κ3) is 6.34. The molecule has 2 aliphatic carbocycles. The first-order valence-corrected chi connectivity index (χ1v) is 15.4. The quantitative estimate of drug-likeness (QED) is 0.297. The van der Waals surface area contributed by atoms with Gasteiger partial charge >= 0.3 is 6.03 Å². The molecule has 3 fully saturated rings. The molecule has 2 saturated carbocycles. The summed E-state index contributed by atoms with van der Waals surface area (Å²) < 4.78 is 7.92. The average Bonchev–Trinajstić information content (AvgIpc) is 3.66. The Labute approximate surface area is 241 Å². The zero-order valence-corrected chi connectivity index (χ0v) is 24.0. The lowest BCUT2D eigenvalue weighted by molar-refractivity contribution is 0.197. The minimum atomic E-state index is -0.103. The maximum Gasteiger partial charge on any atom is 0.321 e. The van der Waals surface area contributed by atoms with Gasteiger partial charge in [0, 0.05) is 37.3 Å². The normalized spacial score (nSPS) is 22.1. The zero-order chi connectivity index (χ0) is 28.2. The minimum Gasteiger partial charge on any atom is -0.492 e. The number of anilines is 3. The molecular weight excluding hydrogens is 518 g/mol. The number of aromatic nitrogens is 4. The number of urea groups is 1. The molecule has 220 valence electrons. The molecule has 1 aliphatic heterocycles. The third-order valence-corrected chi connectivity index (χ3v) is 8.80. The number of nitrogens with zero attached hydrogens (tertiary/aromatic N) is 5. The molecule has 3 heterocycles. The van der Waals surface area contributed by atoms with Crippen molar-refractivity contribution in [1.82, 2.24) is 24.4 Å². The molecule has 0 atom stereocenters. The Morgan fingerprint density at radius 3 is 2.46 bits per heavy atom. The van der Waals surface area contributed by atoms with Gasteiger partial charge in [0.15, 0.2) is 17.0 Å². The molecule has 11 nitrogen and oxygen atoms in total. The predicted molar refractivity (Wildman–Crippen MR) is 162 cm³/mol. The van der Waals surface area contributed by atoms with Gasteiger partial charge in [0.2, 0.25) is 5.95 Å². The molecule has 3 aliphatic rings. The number of benzene rings is 1. The second-order valence-corrected chi connectivity index (χ2v) is 11.7. The number of ether oxygens (including phenoxy) is 1. The number of nitrogens with two attached hydrogens (primary N) is 1. The van der Waals surface area contributed by atoms with E-state index < -0.39 is 0 Å². The molecule has 6 rings (SSSR count). The monoisotopic (exact) mass is 561 g/mol. The summed E-state index contributed by atoms with van der Waals surface area (Å²) in [5.74, 6) is 2.12. The van der Waals surface area contributed by atoms with Crippen LogP contribution in [0.1, 0.15) is 77.2 Å². The number of fused-ring (bicyclic) bond motifs is 1. The van der Waals surface area contributed by atoms with E-state index in [-0.39, 0.29) is 12.1 Å². The van der Waals surface area contributed by atoms with Crippen molar-refractivity contribution in [3.8, 4) is 5.75 Å². The number of nitrogens with one attached hydrogen (secondary N) is 3. The molecule has 1 aromatic carbocycles. The summed E-state index contributed by atoms with van der Waals surface area (Å²) in [5.41, 5.74) is 8.55. The highest BCUT2D eigenvalue weighted by Crippen LogP contribution is 2.34. The number of imidazole rings is 1. The van der Waals surface area contributed by atoms with Gasteiger partial charge < -0.3 is 35.9 Å². The minimum absolute atomic E-state index is 0.103. The Bertz CT molecular complexity index is 1320. The number of carbonyl (C=O) groups is 1. The highest BCUT2D eigenvalue weighted by atomic mass is 16.5. The lowest BCUT2D eigenvalue weighted by atomic mass is 9.92. The fraction of sp³-hybridized carbons (Fsp3) is 0.600. The molecule has 0 spiro atoms. The van der Waals surface area contributed by atoms with Crippen LogP contribution in [0.15, 0.2) is 30.6 Å². The van der Waals surface area contributed by atoms with Crippen LogP contribution in [0.2, 0.25) is 0 Å². The molecule has 0 bridgehead atoms. The van der Waals surface area contributed by atoms with Crippen LogP contribution in [0.5, 0.6) is 5.75 Å². The number of likely N-dealkylation sites (tertiary alicyclic amines) is 1. The van der Waals surface area contributed by atoms with Crippen molar-refractivity contribution in [2.45, 2.75) is 95.3 Å². The number of rotatable bonds is 8. The SMILES string of the molecule is CCOc1ccccc1NC(=O)N1CCC(Nc2nc(NC3CCC(N)CC3)nc3c2ncn3C2CCCC2)CC1. The van der Waals surface area contributed by atoms with E-state index in [0.29, 0.717) is 55.2 Å². The fourth-order valence-corrected chi connectivity index (χ4v) is 6.44. The highest BCUT2D eigenvalue weighted by molar-refractivity contribution is 5.91. The number of para-hydroxylation sites is 2. The molecule has 5 N–H and O–H groups in total. The van der Waals surface area contributed by atoms with E-state index in [2.05, 4.69) is 20.5 Å². The topological polar surface area (TPSA) is 135 Å². The van der Waals surface area contributed by atoms with E-state index in [9.17, 15) is 4.79 Å². The van der Waals surface area contributed by atoms with Gasteiger partial charge in [0.25, 0.3) is 0 Å². The van der Waals surface area contributed by atoms with Crippen molar-refractivity contribution in [1.29, 1.82) is 0 Å². The zero-order valence-electron chi connectivity index (χ0n) is 24.0. The van der Waals surface area contributed by atoms with Crippen molar-refractivity contribution in [2.75, 3.05) is 35.6 Å². The maximum atomic E-state index is 13.0. The molecule has 2 amide bonds. The molecular formula is C30H43N9O2. The van der Waals surface area contributed by atoms with Crippen LogP contribution >= 0.6 is 0 Å². The Balaban J connectivity index is 1.14. The van der Waals surface area contributed by atoms with E-state index in [4.69, 9.17) is 25.4 Å². The first-order chi connectivity index (χ1) is 20.1. The van der Waals surface area contributed by atoms with Gasteiger partial charge in [0.05, 0.1) is 18.6 Å². The summed E-state index contributed by atoms with van der Waals surface area (Å²) in [5, 5.41) is 10.3. The van der Waals surface area contributed by atoms with E-state index in [0.717, 1.165) is 68.3 Å². The van der Waals surface area contributed by atoms with E-state index in [1.165, 1.54) is 12.8 Å². The van der Waals surface area contributed by atoms with Gasteiger partial charge in [-0.1, -0.05) is 25.0 Å². The molecule has 3 aromatic rings. The maximum absolute atomic E-state index is 13.0. The number of hydrogen-bond donors (Lipinski definition) is 4. The van der Waals surface area contributed by atoms with E-state index in [1.54, 1.807) is 0 Å². The second-order valence-electron chi connectivity index (χ2n) is 11.7. The van der Waals surface area contributed by atoms with Gasteiger partial charge in [-0.25, -0.2) is 9.78 Å². The van der Waals surface area contributed by atoms with Crippen LogP contribution in [-0.4, -0.2) is 68.3 Å².